The molecule has 0 N–H and O–H groups in total. The second-order valence-electron chi connectivity index (χ2n) is 4.77. The molecule has 0 saturated carbocycles. The topological polar surface area (TPSA) is 51.3 Å². The third-order valence-corrected chi connectivity index (χ3v) is 3.10. The smallest absolute Gasteiger partial charge is 0.246 e. The molecule has 1 amide bonds. The molecule has 0 aliphatic rings. The van der Waals surface area contributed by atoms with Gasteiger partial charge in [0.25, 0.3) is 0 Å². The van der Waals surface area contributed by atoms with Gasteiger partial charge < -0.3 is 9.32 Å². The molecule has 0 aliphatic heterocycles. The summed E-state index contributed by atoms with van der Waals surface area (Å²) >= 11 is 0. The van der Waals surface area contributed by atoms with Crippen molar-refractivity contribution in [2.24, 2.45) is 0 Å². The zero-order valence-corrected chi connectivity index (χ0v) is 11.8. The van der Waals surface area contributed by atoms with Gasteiger partial charge in [-0.1, -0.05) is 6.92 Å². The van der Waals surface area contributed by atoms with Crippen molar-refractivity contribution in [3.63, 3.8) is 0 Å². The summed E-state index contributed by atoms with van der Waals surface area (Å²) in [5.41, 5.74) is 1.79. The Bertz CT molecular complexity index is 555. The lowest BCUT2D eigenvalue weighted by Gasteiger charge is -2.19. The van der Waals surface area contributed by atoms with Gasteiger partial charge in [-0.2, -0.15) is 5.10 Å². The average molecular weight is 261 g/mol. The molecular formula is C14H19N3O2. The van der Waals surface area contributed by atoms with E-state index < -0.39 is 0 Å². The highest BCUT2D eigenvalue weighted by molar-refractivity contribution is 5.79. The molecule has 0 fully saturated rings. The summed E-state index contributed by atoms with van der Waals surface area (Å²) in [5, 5.41) is 4.50. The molecule has 0 radical (unpaired) electrons. The van der Waals surface area contributed by atoms with Crippen LogP contribution in [-0.2, 0) is 4.79 Å². The minimum Gasteiger partial charge on any atom is -0.463 e. The summed E-state index contributed by atoms with van der Waals surface area (Å²) in [6, 6.07) is 3.43. The Kier molecular flexibility index (Phi) is 3.74. The van der Waals surface area contributed by atoms with Crippen LogP contribution < -0.4 is 0 Å². The quantitative estimate of drug-likeness (QED) is 0.849. The number of likely N-dealkylation sites (N-methyl/N-ethyl adjacent to an activating group) is 1. The predicted octanol–water partition coefficient (Wildman–Crippen LogP) is 2.49. The fourth-order valence-corrected chi connectivity index (χ4v) is 2.07. The lowest BCUT2D eigenvalue weighted by Crippen LogP contribution is -2.31. The standard InChI is InChI=1S/C14H19N3O2/c1-5-11(14(18)16(3)4)17-9-10(2)13(15-17)12-7-6-8-19-12/h6-9,11H,5H2,1-4H3. The number of rotatable bonds is 4. The summed E-state index contributed by atoms with van der Waals surface area (Å²) in [5.74, 6) is 0.777. The molecule has 5 heteroatoms. The fraction of sp³-hybridized carbons (Fsp3) is 0.429. The lowest BCUT2D eigenvalue weighted by molar-refractivity contribution is -0.132. The van der Waals surface area contributed by atoms with Gasteiger partial charge in [0, 0.05) is 20.3 Å². The van der Waals surface area contributed by atoms with Crippen LogP contribution >= 0.6 is 0 Å². The van der Waals surface area contributed by atoms with Crippen molar-refractivity contribution in [3.8, 4) is 11.5 Å². The zero-order valence-electron chi connectivity index (χ0n) is 11.8. The van der Waals surface area contributed by atoms with Gasteiger partial charge >= 0.3 is 0 Å². The molecule has 0 bridgehead atoms. The minimum absolute atomic E-state index is 0.0518. The normalized spacial score (nSPS) is 12.4. The van der Waals surface area contributed by atoms with E-state index in [0.29, 0.717) is 6.42 Å². The van der Waals surface area contributed by atoms with Crippen LogP contribution in [0.4, 0.5) is 0 Å². The Balaban J connectivity index is 2.36. The third kappa shape index (κ3) is 2.54. The summed E-state index contributed by atoms with van der Waals surface area (Å²) in [4.78, 5) is 13.7. The van der Waals surface area contributed by atoms with Crippen LogP contribution in [0.1, 0.15) is 24.9 Å². The highest BCUT2D eigenvalue weighted by Gasteiger charge is 2.22. The first-order valence-electron chi connectivity index (χ1n) is 6.35. The van der Waals surface area contributed by atoms with Crippen molar-refractivity contribution in [3.05, 3.63) is 30.2 Å². The Morgan fingerprint density at radius 1 is 1.53 bits per heavy atom. The van der Waals surface area contributed by atoms with Crippen molar-refractivity contribution in [1.29, 1.82) is 0 Å². The molecule has 2 aromatic heterocycles. The number of hydrogen-bond donors (Lipinski definition) is 0. The summed E-state index contributed by atoms with van der Waals surface area (Å²) in [7, 11) is 3.52. The second kappa shape index (κ2) is 5.30. The van der Waals surface area contributed by atoms with Crippen molar-refractivity contribution in [2.75, 3.05) is 14.1 Å². The van der Waals surface area contributed by atoms with Crippen LogP contribution in [0.3, 0.4) is 0 Å². The van der Waals surface area contributed by atoms with Gasteiger partial charge in [0.05, 0.1) is 6.26 Å². The number of nitrogens with zero attached hydrogens (tertiary/aromatic N) is 3. The first kappa shape index (κ1) is 13.4. The van der Waals surface area contributed by atoms with E-state index in [4.69, 9.17) is 4.42 Å². The number of aromatic nitrogens is 2. The molecule has 2 rings (SSSR count). The van der Waals surface area contributed by atoms with E-state index in [1.807, 2.05) is 32.2 Å². The fourth-order valence-electron chi connectivity index (χ4n) is 2.07. The van der Waals surface area contributed by atoms with Gasteiger partial charge in [-0.05, 0) is 31.0 Å². The second-order valence-corrected chi connectivity index (χ2v) is 4.77. The number of amides is 1. The molecule has 0 spiro atoms. The number of carbonyl (C=O) groups excluding carboxylic acids is 1. The molecule has 102 valence electrons. The van der Waals surface area contributed by atoms with Crippen LogP contribution in [0.2, 0.25) is 0 Å². The maximum atomic E-state index is 12.1. The van der Waals surface area contributed by atoms with Crippen LogP contribution in [0, 0.1) is 6.92 Å². The molecule has 2 heterocycles. The summed E-state index contributed by atoms with van der Waals surface area (Å²) < 4.78 is 7.10. The van der Waals surface area contributed by atoms with Crippen LogP contribution in [-0.4, -0.2) is 34.7 Å². The zero-order chi connectivity index (χ0) is 14.0. The summed E-state index contributed by atoms with van der Waals surface area (Å²) in [6.07, 6.45) is 4.22. The number of hydrogen-bond acceptors (Lipinski definition) is 3. The molecule has 5 nitrogen and oxygen atoms in total. The Morgan fingerprint density at radius 2 is 2.26 bits per heavy atom. The van der Waals surface area contributed by atoms with Gasteiger partial charge in [-0.15, -0.1) is 0 Å². The molecule has 2 aromatic rings. The molecule has 0 aliphatic carbocycles. The average Bonchev–Trinajstić information content (AvgIpc) is 2.99. The van der Waals surface area contributed by atoms with Gasteiger partial charge in [0.15, 0.2) is 5.76 Å². The van der Waals surface area contributed by atoms with E-state index >= 15 is 0 Å². The van der Waals surface area contributed by atoms with Gasteiger partial charge in [-0.25, -0.2) is 0 Å². The SMILES string of the molecule is CCC(C(=O)N(C)C)n1cc(C)c(-c2ccco2)n1. The van der Waals surface area contributed by atoms with Gasteiger partial charge in [-0.3, -0.25) is 9.48 Å². The van der Waals surface area contributed by atoms with Crippen LogP contribution in [0.15, 0.2) is 29.0 Å². The van der Waals surface area contributed by atoms with Crippen LogP contribution in [0.25, 0.3) is 11.5 Å². The molecule has 0 saturated heterocycles. The Hall–Kier alpha value is -2.04. The predicted molar refractivity (Wildman–Crippen MR) is 72.7 cm³/mol. The van der Waals surface area contributed by atoms with Crippen molar-refractivity contribution in [2.45, 2.75) is 26.3 Å². The first-order chi connectivity index (χ1) is 9.04. The number of furan rings is 1. The van der Waals surface area contributed by atoms with Crippen molar-refractivity contribution in [1.82, 2.24) is 14.7 Å². The first-order valence-corrected chi connectivity index (χ1v) is 6.35. The lowest BCUT2D eigenvalue weighted by atomic mass is 10.2. The van der Waals surface area contributed by atoms with E-state index in [0.717, 1.165) is 17.0 Å². The van der Waals surface area contributed by atoms with Gasteiger partial charge in [0.2, 0.25) is 5.91 Å². The van der Waals surface area contributed by atoms with E-state index in [-0.39, 0.29) is 11.9 Å². The van der Waals surface area contributed by atoms with Crippen molar-refractivity contribution >= 4 is 5.91 Å². The maximum absolute atomic E-state index is 12.1. The minimum atomic E-state index is -0.266. The van der Waals surface area contributed by atoms with E-state index in [1.165, 1.54) is 0 Å². The largest absolute Gasteiger partial charge is 0.463 e. The monoisotopic (exact) mass is 261 g/mol. The number of carbonyl (C=O) groups is 1. The summed E-state index contributed by atoms with van der Waals surface area (Å²) in [6.45, 7) is 3.95. The number of aryl methyl sites for hydroxylation is 1. The molecule has 0 aromatic carbocycles. The highest BCUT2D eigenvalue weighted by Crippen LogP contribution is 2.24. The van der Waals surface area contributed by atoms with Crippen LogP contribution in [0.5, 0.6) is 0 Å². The van der Waals surface area contributed by atoms with Gasteiger partial charge in [0.1, 0.15) is 11.7 Å². The van der Waals surface area contributed by atoms with Crippen molar-refractivity contribution < 1.29 is 9.21 Å². The Labute approximate surface area is 112 Å². The highest BCUT2D eigenvalue weighted by atomic mass is 16.3. The molecular weight excluding hydrogens is 242 g/mol. The molecule has 19 heavy (non-hydrogen) atoms. The Morgan fingerprint density at radius 3 is 2.79 bits per heavy atom. The maximum Gasteiger partial charge on any atom is 0.246 e. The third-order valence-electron chi connectivity index (χ3n) is 3.10. The molecule has 1 atom stereocenters. The van der Waals surface area contributed by atoms with E-state index in [2.05, 4.69) is 5.10 Å². The molecule has 1 unspecified atom stereocenters. The van der Waals surface area contributed by atoms with E-state index in [9.17, 15) is 4.79 Å². The van der Waals surface area contributed by atoms with E-state index in [1.54, 1.807) is 29.9 Å².